The van der Waals surface area contributed by atoms with Crippen LogP contribution < -0.4 is 10.1 Å². The molecule has 34 heavy (non-hydrogen) atoms. The Morgan fingerprint density at radius 3 is 2.76 bits per heavy atom. The number of fused-ring (bicyclic) bond motifs is 1. The summed E-state index contributed by atoms with van der Waals surface area (Å²) in [5.41, 5.74) is 1.17. The highest BCUT2D eigenvalue weighted by Gasteiger charge is 2.40. The summed E-state index contributed by atoms with van der Waals surface area (Å²) in [4.78, 5) is 40.3. The lowest BCUT2D eigenvalue weighted by atomic mass is 10.0. The summed E-state index contributed by atoms with van der Waals surface area (Å²) in [7, 11) is 0. The van der Waals surface area contributed by atoms with Crippen LogP contribution in [0.1, 0.15) is 42.6 Å². The zero-order chi connectivity index (χ0) is 25.4. The van der Waals surface area contributed by atoms with E-state index >= 15 is 4.39 Å². The van der Waals surface area contributed by atoms with Crippen molar-refractivity contribution >= 4 is 17.7 Å². The Morgan fingerprint density at radius 1 is 1.18 bits per heavy atom. The van der Waals surface area contributed by atoms with Crippen molar-refractivity contribution in [3.63, 3.8) is 0 Å². The van der Waals surface area contributed by atoms with E-state index in [-0.39, 0.29) is 42.2 Å². The van der Waals surface area contributed by atoms with Crippen molar-refractivity contribution in [2.75, 3.05) is 26.3 Å². The van der Waals surface area contributed by atoms with E-state index in [4.69, 9.17) is 12.2 Å². The van der Waals surface area contributed by atoms with Gasteiger partial charge in [-0.25, -0.2) is 4.39 Å². The van der Waals surface area contributed by atoms with Crippen LogP contribution in [0.15, 0.2) is 36.4 Å². The molecular weight excluding hydrogens is 441 g/mol. The number of morpholine rings is 1. The van der Waals surface area contributed by atoms with Crippen LogP contribution in [0.2, 0.25) is 0 Å². The first-order valence-corrected chi connectivity index (χ1v) is 11.3. The van der Waals surface area contributed by atoms with Gasteiger partial charge in [-0.1, -0.05) is 18.2 Å². The van der Waals surface area contributed by atoms with Gasteiger partial charge in [-0.05, 0) is 30.2 Å². The molecule has 2 aromatic rings. The Kier molecular flexibility index (Phi) is 5.63. The van der Waals surface area contributed by atoms with Gasteiger partial charge in [-0.15, -0.1) is 0 Å². The second-order valence-corrected chi connectivity index (χ2v) is 8.59. The van der Waals surface area contributed by atoms with Crippen LogP contribution in [-0.4, -0.2) is 59.9 Å². The normalized spacial score (nSPS) is 22.2. The van der Waals surface area contributed by atoms with Crippen molar-refractivity contribution in [2.45, 2.75) is 38.5 Å². The number of ether oxygens (including phenoxy) is 2. The molecule has 0 aromatic heterocycles. The highest BCUT2D eigenvalue weighted by atomic mass is 19.1. The van der Waals surface area contributed by atoms with Gasteiger partial charge in [-0.3, -0.25) is 24.6 Å². The SMILES string of the molecule is [2H]C([2H])(Oc1cccc2c1CN([C@@H]1CCC(=O)NC1=O)C2=O)c1ccc(CN2CCOCC2)cc1F. The van der Waals surface area contributed by atoms with E-state index in [2.05, 4.69) is 10.2 Å². The molecule has 0 aliphatic carbocycles. The van der Waals surface area contributed by atoms with E-state index in [9.17, 15) is 14.4 Å². The Hall–Kier alpha value is -3.30. The first-order valence-electron chi connectivity index (χ1n) is 12.3. The maximum Gasteiger partial charge on any atom is 0.255 e. The minimum Gasteiger partial charge on any atom is -0.488 e. The molecule has 2 fully saturated rings. The monoisotopic (exact) mass is 469 g/mol. The van der Waals surface area contributed by atoms with Gasteiger partial charge in [-0.2, -0.15) is 0 Å². The van der Waals surface area contributed by atoms with E-state index in [0.717, 1.165) is 18.7 Å². The number of hydrogen-bond donors (Lipinski definition) is 1. The zero-order valence-electron chi connectivity index (χ0n) is 20.5. The van der Waals surface area contributed by atoms with Gasteiger partial charge in [0.1, 0.15) is 24.2 Å². The number of halogens is 1. The molecule has 0 spiro atoms. The molecule has 3 aliphatic rings. The number of hydrogen-bond acceptors (Lipinski definition) is 6. The van der Waals surface area contributed by atoms with Crippen molar-refractivity contribution in [2.24, 2.45) is 0 Å². The summed E-state index contributed by atoms with van der Waals surface area (Å²) in [5, 5.41) is 2.25. The van der Waals surface area contributed by atoms with Crippen LogP contribution in [-0.2, 0) is 34.0 Å². The second-order valence-electron chi connectivity index (χ2n) is 8.59. The summed E-state index contributed by atoms with van der Waals surface area (Å²) in [5.74, 6) is -1.94. The molecule has 0 bridgehead atoms. The number of carbonyl (C=O) groups is 3. The van der Waals surface area contributed by atoms with Crippen LogP contribution in [0.3, 0.4) is 0 Å². The molecule has 9 heteroatoms. The van der Waals surface area contributed by atoms with Crippen molar-refractivity contribution in [1.82, 2.24) is 15.1 Å². The molecule has 178 valence electrons. The van der Waals surface area contributed by atoms with E-state index in [1.165, 1.54) is 23.1 Å². The summed E-state index contributed by atoms with van der Waals surface area (Å²) >= 11 is 0. The molecule has 8 nitrogen and oxygen atoms in total. The molecule has 3 heterocycles. The third kappa shape index (κ3) is 4.53. The van der Waals surface area contributed by atoms with Crippen LogP contribution in [0.5, 0.6) is 5.75 Å². The molecule has 0 unspecified atom stereocenters. The Labute approximate surface area is 199 Å². The van der Waals surface area contributed by atoms with Crippen LogP contribution in [0.25, 0.3) is 0 Å². The molecule has 1 N–H and O–H groups in total. The minimum absolute atomic E-state index is 0.0215. The zero-order valence-corrected chi connectivity index (χ0v) is 18.5. The largest absolute Gasteiger partial charge is 0.488 e. The molecule has 0 saturated carbocycles. The number of imide groups is 1. The molecule has 3 amide bonds. The van der Waals surface area contributed by atoms with Gasteiger partial charge < -0.3 is 14.4 Å². The summed E-state index contributed by atoms with van der Waals surface area (Å²) in [6.45, 7) is 0.802. The average Bonchev–Trinajstić information content (AvgIpc) is 3.17. The fourth-order valence-corrected chi connectivity index (χ4v) is 4.52. The fourth-order valence-electron chi connectivity index (χ4n) is 4.52. The minimum atomic E-state index is -2.51. The van der Waals surface area contributed by atoms with Crippen molar-refractivity contribution in [3.05, 3.63) is 64.5 Å². The van der Waals surface area contributed by atoms with Crippen LogP contribution in [0, 0.1) is 5.82 Å². The number of piperidine rings is 1. The molecule has 5 rings (SSSR count). The fraction of sp³-hybridized carbons (Fsp3) is 0.400. The summed E-state index contributed by atoms with van der Waals surface area (Å²) in [6, 6.07) is 8.22. The Balaban J connectivity index is 1.34. The lowest BCUT2D eigenvalue weighted by molar-refractivity contribution is -0.136. The van der Waals surface area contributed by atoms with Crippen LogP contribution in [0.4, 0.5) is 4.39 Å². The van der Waals surface area contributed by atoms with Gasteiger partial charge in [0.05, 0.1) is 22.5 Å². The molecule has 3 aliphatic heterocycles. The molecule has 1 atom stereocenters. The van der Waals surface area contributed by atoms with Gasteiger partial charge in [0.15, 0.2) is 0 Å². The molecule has 2 aromatic carbocycles. The Bertz CT molecular complexity index is 1220. The number of carbonyl (C=O) groups excluding carboxylic acids is 3. The first-order chi connectivity index (χ1) is 17.2. The number of amides is 3. The van der Waals surface area contributed by atoms with Crippen molar-refractivity contribution < 1.29 is 31.0 Å². The summed E-state index contributed by atoms with van der Waals surface area (Å²) in [6.07, 6.45) is 0.340. The highest BCUT2D eigenvalue weighted by molar-refractivity contribution is 6.05. The Morgan fingerprint density at radius 2 is 2.00 bits per heavy atom. The quantitative estimate of drug-likeness (QED) is 0.652. The van der Waals surface area contributed by atoms with Gasteiger partial charge in [0.2, 0.25) is 11.8 Å². The standard InChI is InChI=1S/C25H26FN3O5/c26-20-12-16(13-28-8-10-33-11-9-28)4-5-17(20)15-34-22-3-1-2-18-19(22)14-29(25(18)32)21-6-7-23(30)27-24(21)31/h1-5,12,21H,6-11,13-15H2,(H,27,30,31)/t21-/m1/s1/i15D2. The number of rotatable bonds is 6. The van der Waals surface area contributed by atoms with Gasteiger partial charge in [0.25, 0.3) is 5.91 Å². The van der Waals surface area contributed by atoms with E-state index < -0.39 is 30.2 Å². The lowest BCUT2D eigenvalue weighted by Gasteiger charge is -2.29. The lowest BCUT2D eigenvalue weighted by Crippen LogP contribution is -2.52. The van der Waals surface area contributed by atoms with E-state index in [1.54, 1.807) is 18.2 Å². The maximum atomic E-state index is 15.0. The molecule has 0 radical (unpaired) electrons. The van der Waals surface area contributed by atoms with E-state index in [0.29, 0.717) is 25.3 Å². The molecule has 2 saturated heterocycles. The third-order valence-electron chi connectivity index (χ3n) is 6.35. The van der Waals surface area contributed by atoms with Crippen molar-refractivity contribution in [3.8, 4) is 5.75 Å². The third-order valence-corrected chi connectivity index (χ3v) is 6.35. The van der Waals surface area contributed by atoms with Gasteiger partial charge >= 0.3 is 0 Å². The predicted molar refractivity (Wildman–Crippen MR) is 119 cm³/mol. The van der Waals surface area contributed by atoms with Crippen LogP contribution >= 0.6 is 0 Å². The van der Waals surface area contributed by atoms with Crippen molar-refractivity contribution in [1.29, 1.82) is 0 Å². The molecular formula is C25H26FN3O5. The maximum absolute atomic E-state index is 15.0. The summed E-state index contributed by atoms with van der Waals surface area (Å²) < 4.78 is 42.9. The van der Waals surface area contributed by atoms with Gasteiger partial charge in [0, 0.05) is 42.7 Å². The smallest absolute Gasteiger partial charge is 0.255 e. The number of nitrogens with zero attached hydrogens (tertiary/aromatic N) is 2. The second kappa shape index (κ2) is 9.52. The highest BCUT2D eigenvalue weighted by Crippen LogP contribution is 2.34. The number of benzene rings is 2. The average molecular weight is 470 g/mol. The number of nitrogens with one attached hydrogen (secondary N) is 1. The van der Waals surface area contributed by atoms with E-state index in [1.807, 2.05) is 0 Å². The first kappa shape index (κ1) is 20.1. The predicted octanol–water partition coefficient (Wildman–Crippen LogP) is 2.00. The topological polar surface area (TPSA) is 88.2 Å².